The number of β-amino-alcohol motifs (C(OH)–C–C–N with tert-alkyl or cyclic N) is 1. The maximum absolute atomic E-state index is 12.8. The molecule has 0 saturated carbocycles. The fourth-order valence-electron chi connectivity index (χ4n) is 3.46. The Morgan fingerprint density at radius 1 is 1.19 bits per heavy atom. The molecule has 2 aromatic rings. The topological polar surface area (TPSA) is 116 Å². The summed E-state index contributed by atoms with van der Waals surface area (Å²) in [6, 6.07) is 11.3. The van der Waals surface area contributed by atoms with E-state index >= 15 is 0 Å². The number of nitrogens with zero attached hydrogens (tertiary/aromatic N) is 1. The summed E-state index contributed by atoms with van der Waals surface area (Å²) in [5.41, 5.74) is 1.97. The molecule has 166 valence electrons. The number of nitrogens with one attached hydrogen (secondary N) is 2. The lowest BCUT2D eigenvalue weighted by molar-refractivity contribution is -0.128. The number of carbonyl (C=O) groups excluding carboxylic acids is 2. The first-order chi connectivity index (χ1) is 14.7. The number of aliphatic hydroxyl groups excluding tert-OH is 1. The van der Waals surface area contributed by atoms with E-state index in [4.69, 9.17) is 0 Å². The number of carbonyl (C=O) groups is 2. The van der Waals surface area contributed by atoms with Gasteiger partial charge in [0.2, 0.25) is 5.91 Å². The SMILES string of the molecule is Cc1ccc(C)c(S(=O)(=O)Nc2cccc(C(=O)NCC(O)CN3CCCC3=O)c2)c1. The Kier molecular flexibility index (Phi) is 6.97. The first-order valence-electron chi connectivity index (χ1n) is 10.1. The minimum absolute atomic E-state index is 0.00853. The molecule has 2 aromatic carbocycles. The molecule has 3 rings (SSSR count). The van der Waals surface area contributed by atoms with Gasteiger partial charge in [-0.1, -0.05) is 18.2 Å². The van der Waals surface area contributed by atoms with Crippen molar-refractivity contribution in [2.45, 2.75) is 37.7 Å². The van der Waals surface area contributed by atoms with Gasteiger partial charge in [-0.3, -0.25) is 14.3 Å². The maximum Gasteiger partial charge on any atom is 0.262 e. The van der Waals surface area contributed by atoms with Gasteiger partial charge in [-0.15, -0.1) is 0 Å². The highest BCUT2D eigenvalue weighted by molar-refractivity contribution is 7.92. The van der Waals surface area contributed by atoms with Crippen molar-refractivity contribution in [1.82, 2.24) is 10.2 Å². The van der Waals surface area contributed by atoms with E-state index in [0.717, 1.165) is 12.0 Å². The van der Waals surface area contributed by atoms with E-state index in [1.807, 2.05) is 13.0 Å². The number of hydrogen-bond donors (Lipinski definition) is 3. The molecular weight excluding hydrogens is 418 g/mol. The van der Waals surface area contributed by atoms with Crippen LogP contribution in [0.25, 0.3) is 0 Å². The van der Waals surface area contributed by atoms with E-state index in [2.05, 4.69) is 10.0 Å². The van der Waals surface area contributed by atoms with E-state index in [0.29, 0.717) is 18.5 Å². The first-order valence-corrected chi connectivity index (χ1v) is 11.6. The van der Waals surface area contributed by atoms with Crippen LogP contribution in [0.3, 0.4) is 0 Å². The first kappa shape index (κ1) is 22.8. The van der Waals surface area contributed by atoms with E-state index in [1.54, 1.807) is 42.2 Å². The van der Waals surface area contributed by atoms with Crippen LogP contribution in [0.5, 0.6) is 0 Å². The third-order valence-electron chi connectivity index (χ3n) is 5.11. The molecule has 1 aliphatic heterocycles. The molecule has 9 heteroatoms. The number of amides is 2. The Bertz CT molecular complexity index is 1080. The molecule has 0 aromatic heterocycles. The summed E-state index contributed by atoms with van der Waals surface area (Å²) in [6.07, 6.45) is 0.393. The summed E-state index contributed by atoms with van der Waals surface area (Å²) in [5, 5.41) is 12.7. The smallest absolute Gasteiger partial charge is 0.262 e. The standard InChI is InChI=1S/C22H27N3O5S/c1-15-8-9-16(2)20(11-15)31(29,30)24-18-6-3-5-17(12-18)22(28)23-13-19(26)14-25-10-4-7-21(25)27/h3,5-6,8-9,11-12,19,24,26H,4,7,10,13-14H2,1-2H3,(H,23,28). The Balaban J connectivity index is 1.63. The highest BCUT2D eigenvalue weighted by Crippen LogP contribution is 2.21. The zero-order chi connectivity index (χ0) is 22.6. The molecule has 0 bridgehead atoms. The Morgan fingerprint density at radius 3 is 2.68 bits per heavy atom. The predicted octanol–water partition coefficient (Wildman–Crippen LogP) is 1.82. The zero-order valence-electron chi connectivity index (χ0n) is 17.6. The van der Waals surface area contributed by atoms with Crippen molar-refractivity contribution >= 4 is 27.5 Å². The molecule has 3 N–H and O–H groups in total. The maximum atomic E-state index is 12.8. The minimum Gasteiger partial charge on any atom is -0.389 e. The van der Waals surface area contributed by atoms with E-state index in [9.17, 15) is 23.1 Å². The number of hydrogen-bond acceptors (Lipinski definition) is 5. The Labute approximate surface area is 182 Å². The summed E-state index contributed by atoms with van der Waals surface area (Å²) in [6.45, 7) is 4.32. The Morgan fingerprint density at radius 2 is 1.97 bits per heavy atom. The van der Waals surface area contributed by atoms with Crippen LogP contribution in [0.2, 0.25) is 0 Å². The Hall–Kier alpha value is -2.91. The third-order valence-corrected chi connectivity index (χ3v) is 6.63. The molecule has 1 fully saturated rings. The number of aryl methyl sites for hydroxylation is 2. The highest BCUT2D eigenvalue weighted by atomic mass is 32.2. The third kappa shape index (κ3) is 5.83. The quantitative estimate of drug-likeness (QED) is 0.573. The van der Waals surface area contributed by atoms with Gasteiger partial charge in [0.05, 0.1) is 11.0 Å². The lowest BCUT2D eigenvalue weighted by Crippen LogP contribution is -2.40. The second-order valence-electron chi connectivity index (χ2n) is 7.76. The van der Waals surface area contributed by atoms with Crippen LogP contribution >= 0.6 is 0 Å². The highest BCUT2D eigenvalue weighted by Gasteiger charge is 2.23. The molecule has 0 spiro atoms. The van der Waals surface area contributed by atoms with E-state index < -0.39 is 22.0 Å². The molecule has 1 aliphatic rings. The number of rotatable bonds is 8. The van der Waals surface area contributed by atoms with Gasteiger partial charge in [-0.05, 0) is 55.7 Å². The number of benzene rings is 2. The number of sulfonamides is 1. The summed E-state index contributed by atoms with van der Waals surface area (Å²) >= 11 is 0. The van der Waals surface area contributed by atoms with Gasteiger partial charge in [0.1, 0.15) is 0 Å². The zero-order valence-corrected chi connectivity index (χ0v) is 18.4. The molecule has 2 amide bonds. The summed E-state index contributed by atoms with van der Waals surface area (Å²) < 4.78 is 28.1. The number of anilines is 1. The molecule has 0 radical (unpaired) electrons. The molecule has 0 aliphatic carbocycles. The van der Waals surface area contributed by atoms with E-state index in [1.165, 1.54) is 6.07 Å². The largest absolute Gasteiger partial charge is 0.389 e. The molecule has 1 saturated heterocycles. The molecule has 1 atom stereocenters. The van der Waals surface area contributed by atoms with Crippen LogP contribution in [0.4, 0.5) is 5.69 Å². The number of likely N-dealkylation sites (tertiary alicyclic amines) is 1. The lowest BCUT2D eigenvalue weighted by atomic mass is 10.2. The molecular formula is C22H27N3O5S. The van der Waals surface area contributed by atoms with Gasteiger partial charge in [-0.2, -0.15) is 0 Å². The minimum atomic E-state index is -3.81. The average molecular weight is 446 g/mol. The molecule has 31 heavy (non-hydrogen) atoms. The van der Waals surface area contributed by atoms with Crippen LogP contribution < -0.4 is 10.0 Å². The van der Waals surface area contributed by atoms with Crippen molar-refractivity contribution < 1.29 is 23.1 Å². The predicted molar refractivity (Wildman–Crippen MR) is 117 cm³/mol. The van der Waals surface area contributed by atoms with Gasteiger partial charge in [0, 0.05) is 37.3 Å². The van der Waals surface area contributed by atoms with E-state index in [-0.39, 0.29) is 35.1 Å². The van der Waals surface area contributed by atoms with Crippen LogP contribution in [-0.2, 0) is 14.8 Å². The van der Waals surface area contributed by atoms with Crippen LogP contribution in [0.1, 0.15) is 34.3 Å². The van der Waals surface area contributed by atoms with Crippen molar-refractivity contribution in [3.8, 4) is 0 Å². The van der Waals surface area contributed by atoms with Gasteiger partial charge >= 0.3 is 0 Å². The average Bonchev–Trinajstić information content (AvgIpc) is 3.12. The van der Waals surface area contributed by atoms with Crippen molar-refractivity contribution in [3.63, 3.8) is 0 Å². The lowest BCUT2D eigenvalue weighted by Gasteiger charge is -2.20. The number of aliphatic hydroxyl groups is 1. The summed E-state index contributed by atoms with van der Waals surface area (Å²) in [7, 11) is -3.81. The van der Waals surface area contributed by atoms with Gasteiger partial charge in [0.15, 0.2) is 0 Å². The van der Waals surface area contributed by atoms with Crippen molar-refractivity contribution in [2.75, 3.05) is 24.4 Å². The fourth-order valence-corrected chi connectivity index (χ4v) is 4.84. The monoisotopic (exact) mass is 445 g/mol. The normalized spacial score (nSPS) is 15.1. The molecule has 8 nitrogen and oxygen atoms in total. The summed E-state index contributed by atoms with van der Waals surface area (Å²) in [4.78, 5) is 25.9. The van der Waals surface area contributed by atoms with Crippen molar-refractivity contribution in [2.24, 2.45) is 0 Å². The second-order valence-corrected chi connectivity index (χ2v) is 9.41. The van der Waals surface area contributed by atoms with Crippen LogP contribution in [0.15, 0.2) is 47.4 Å². The van der Waals surface area contributed by atoms with Crippen molar-refractivity contribution in [1.29, 1.82) is 0 Å². The second kappa shape index (κ2) is 9.49. The van der Waals surface area contributed by atoms with Crippen LogP contribution in [-0.4, -0.2) is 56.0 Å². The molecule has 1 heterocycles. The van der Waals surface area contributed by atoms with Gasteiger partial charge < -0.3 is 15.3 Å². The van der Waals surface area contributed by atoms with Crippen LogP contribution in [0, 0.1) is 13.8 Å². The fraction of sp³-hybridized carbons (Fsp3) is 0.364. The van der Waals surface area contributed by atoms with Gasteiger partial charge in [0.25, 0.3) is 15.9 Å². The van der Waals surface area contributed by atoms with Gasteiger partial charge in [-0.25, -0.2) is 8.42 Å². The summed E-state index contributed by atoms with van der Waals surface area (Å²) in [5.74, 6) is -0.436. The molecule has 1 unspecified atom stereocenters. The van der Waals surface area contributed by atoms with Crippen molar-refractivity contribution in [3.05, 3.63) is 59.2 Å².